The average Bonchev–Trinajstić information content (AvgIpc) is 2.75. The number of nitrogens with two attached hydrogens (primary N) is 1. The van der Waals surface area contributed by atoms with E-state index in [4.69, 9.17) is 5.73 Å². The Kier molecular flexibility index (Phi) is 3.57. The van der Waals surface area contributed by atoms with Crippen LogP contribution >= 0.6 is 0 Å². The topological polar surface area (TPSA) is 44.5 Å². The number of fused-ring (bicyclic) bond motifs is 1. The van der Waals surface area contributed by atoms with Crippen LogP contribution in [0.1, 0.15) is 33.1 Å². The average molecular weight is 292 g/mol. The molecule has 0 aromatic rings. The molecule has 0 bridgehead atoms. The number of hydrogen-bond donors (Lipinski definition) is 2. The van der Waals surface area contributed by atoms with Crippen molar-refractivity contribution in [3.63, 3.8) is 0 Å². The van der Waals surface area contributed by atoms with E-state index in [9.17, 15) is 0 Å². The van der Waals surface area contributed by atoms with E-state index in [1.54, 1.807) is 0 Å². The molecule has 4 fully saturated rings. The molecule has 21 heavy (non-hydrogen) atoms. The van der Waals surface area contributed by atoms with Crippen LogP contribution in [-0.2, 0) is 0 Å². The van der Waals surface area contributed by atoms with E-state index in [2.05, 4.69) is 29.0 Å². The summed E-state index contributed by atoms with van der Waals surface area (Å²) in [5, 5.41) is 3.54. The van der Waals surface area contributed by atoms with Gasteiger partial charge in [0, 0.05) is 49.7 Å². The largest absolute Gasteiger partial charge is 0.327 e. The van der Waals surface area contributed by atoms with Crippen LogP contribution in [0.15, 0.2) is 0 Å². The van der Waals surface area contributed by atoms with Gasteiger partial charge in [-0.3, -0.25) is 9.80 Å². The maximum atomic E-state index is 6.04. The number of rotatable bonds is 5. The summed E-state index contributed by atoms with van der Waals surface area (Å²) in [6, 6.07) is 2.02. The van der Waals surface area contributed by atoms with Gasteiger partial charge >= 0.3 is 0 Å². The molecule has 5 atom stereocenters. The highest BCUT2D eigenvalue weighted by Gasteiger charge is 2.59. The molecule has 1 aliphatic carbocycles. The third kappa shape index (κ3) is 2.54. The molecule has 4 nitrogen and oxygen atoms in total. The van der Waals surface area contributed by atoms with Gasteiger partial charge in [-0.05, 0) is 58.0 Å². The second-order valence-corrected chi connectivity index (χ2v) is 8.49. The zero-order chi connectivity index (χ0) is 14.6. The van der Waals surface area contributed by atoms with Crippen molar-refractivity contribution in [2.24, 2.45) is 23.0 Å². The Balaban J connectivity index is 1.18. The van der Waals surface area contributed by atoms with Crippen LogP contribution < -0.4 is 11.1 Å². The Morgan fingerprint density at radius 1 is 1.05 bits per heavy atom. The molecule has 1 saturated carbocycles. The summed E-state index contributed by atoms with van der Waals surface area (Å²) in [4.78, 5) is 5.40. The van der Waals surface area contributed by atoms with E-state index >= 15 is 0 Å². The summed E-state index contributed by atoms with van der Waals surface area (Å²) in [5.41, 5.74) is 6.59. The Morgan fingerprint density at radius 2 is 1.57 bits per heavy atom. The fourth-order valence-corrected chi connectivity index (χ4v) is 4.92. The van der Waals surface area contributed by atoms with Crippen LogP contribution in [0.4, 0.5) is 0 Å². The highest BCUT2D eigenvalue weighted by Crippen LogP contribution is 2.52. The van der Waals surface area contributed by atoms with Crippen LogP contribution in [-0.4, -0.2) is 67.2 Å². The van der Waals surface area contributed by atoms with Crippen molar-refractivity contribution < 1.29 is 0 Å². The highest BCUT2D eigenvalue weighted by atomic mass is 15.3. The van der Waals surface area contributed by atoms with Crippen LogP contribution in [0.25, 0.3) is 0 Å². The van der Waals surface area contributed by atoms with Gasteiger partial charge in [0.25, 0.3) is 0 Å². The number of likely N-dealkylation sites (tertiary alicyclic amines) is 2. The summed E-state index contributed by atoms with van der Waals surface area (Å²) < 4.78 is 0. The number of nitrogens with one attached hydrogen (secondary N) is 1. The minimum atomic E-state index is 0.512. The van der Waals surface area contributed by atoms with Crippen molar-refractivity contribution in [3.8, 4) is 0 Å². The minimum Gasteiger partial charge on any atom is -0.327 e. The molecule has 4 rings (SSSR count). The van der Waals surface area contributed by atoms with Gasteiger partial charge in [0.15, 0.2) is 0 Å². The zero-order valence-electron chi connectivity index (χ0n) is 13.7. The maximum Gasteiger partial charge on any atom is 0.0127 e. The lowest BCUT2D eigenvalue weighted by atomic mass is 9.92. The van der Waals surface area contributed by atoms with Gasteiger partial charge in [-0.25, -0.2) is 0 Å². The summed E-state index contributed by atoms with van der Waals surface area (Å²) in [6.07, 6.45) is 3.97. The second kappa shape index (κ2) is 5.19. The van der Waals surface area contributed by atoms with E-state index in [-0.39, 0.29) is 0 Å². The summed E-state index contributed by atoms with van der Waals surface area (Å²) in [6.45, 7) is 12.5. The first-order valence-electron chi connectivity index (χ1n) is 9.02. The van der Waals surface area contributed by atoms with E-state index in [1.807, 2.05) is 0 Å². The van der Waals surface area contributed by atoms with Crippen molar-refractivity contribution in [3.05, 3.63) is 0 Å². The first-order chi connectivity index (χ1) is 10.1. The summed E-state index contributed by atoms with van der Waals surface area (Å²) >= 11 is 0. The lowest BCUT2D eigenvalue weighted by Crippen LogP contribution is -2.55. The Morgan fingerprint density at radius 3 is 2.10 bits per heavy atom. The lowest BCUT2D eigenvalue weighted by Gasteiger charge is -2.45. The maximum absolute atomic E-state index is 6.04. The van der Waals surface area contributed by atoms with Gasteiger partial charge in [0.2, 0.25) is 0 Å². The molecular formula is C17H32N4. The molecule has 3 N–H and O–H groups in total. The third-order valence-electron chi connectivity index (χ3n) is 6.96. The molecule has 3 heterocycles. The van der Waals surface area contributed by atoms with Crippen LogP contribution in [0.2, 0.25) is 0 Å². The number of nitrogens with zero attached hydrogens (tertiary/aromatic N) is 2. The molecule has 4 heteroatoms. The Bertz CT molecular complexity index is 380. The van der Waals surface area contributed by atoms with Crippen molar-refractivity contribution in [1.82, 2.24) is 15.1 Å². The molecule has 3 aliphatic heterocycles. The van der Waals surface area contributed by atoms with E-state index in [0.29, 0.717) is 11.5 Å². The van der Waals surface area contributed by atoms with Crippen molar-refractivity contribution in [2.45, 2.75) is 51.2 Å². The monoisotopic (exact) mass is 292 g/mol. The third-order valence-corrected chi connectivity index (χ3v) is 6.96. The van der Waals surface area contributed by atoms with Crippen LogP contribution in [0.5, 0.6) is 0 Å². The minimum absolute atomic E-state index is 0.512. The van der Waals surface area contributed by atoms with Crippen LogP contribution in [0.3, 0.4) is 0 Å². The van der Waals surface area contributed by atoms with Crippen molar-refractivity contribution in [1.29, 1.82) is 0 Å². The van der Waals surface area contributed by atoms with Crippen molar-refractivity contribution in [2.75, 3.05) is 39.3 Å². The number of hydrogen-bond acceptors (Lipinski definition) is 4. The zero-order valence-corrected chi connectivity index (χ0v) is 13.7. The quantitative estimate of drug-likeness (QED) is 0.784. The van der Waals surface area contributed by atoms with Crippen LogP contribution in [0, 0.1) is 17.3 Å². The molecule has 3 saturated heterocycles. The Labute approximate surface area is 129 Å². The fraction of sp³-hybridized carbons (Fsp3) is 1.00. The molecule has 0 aromatic heterocycles. The predicted molar refractivity (Wildman–Crippen MR) is 86.2 cm³/mol. The van der Waals surface area contributed by atoms with Gasteiger partial charge in [-0.2, -0.15) is 0 Å². The normalized spacial score (nSPS) is 41.0. The molecule has 1 spiro atoms. The first kappa shape index (κ1) is 14.4. The van der Waals surface area contributed by atoms with E-state index in [0.717, 1.165) is 23.9 Å². The summed E-state index contributed by atoms with van der Waals surface area (Å²) in [5.74, 6) is 1.85. The summed E-state index contributed by atoms with van der Waals surface area (Å²) in [7, 11) is 0. The lowest BCUT2D eigenvalue weighted by molar-refractivity contribution is 0.0329. The molecule has 0 aromatic carbocycles. The molecule has 120 valence electrons. The smallest absolute Gasteiger partial charge is 0.0127 e. The Hall–Kier alpha value is -0.160. The van der Waals surface area contributed by atoms with Gasteiger partial charge in [-0.15, -0.1) is 0 Å². The first-order valence-corrected chi connectivity index (χ1v) is 9.02. The predicted octanol–water partition coefficient (Wildman–Crippen LogP) is 0.728. The molecular weight excluding hydrogens is 260 g/mol. The molecule has 0 radical (unpaired) electrons. The molecule has 4 aliphatic rings. The van der Waals surface area contributed by atoms with Gasteiger partial charge in [0.05, 0.1) is 0 Å². The molecule has 0 amide bonds. The standard InChI is InChI=1S/C17H32N4/c1-12(20-8-14-6-19-7-15(14)9-20)3-4-13(2)21-10-17(11-21)5-16(17)18/h12-16,19H,3-11,18H2,1-2H3. The van der Waals surface area contributed by atoms with Gasteiger partial charge in [0.1, 0.15) is 0 Å². The van der Waals surface area contributed by atoms with Crippen molar-refractivity contribution >= 4 is 0 Å². The second-order valence-electron chi connectivity index (χ2n) is 8.49. The van der Waals surface area contributed by atoms with Gasteiger partial charge < -0.3 is 11.1 Å². The van der Waals surface area contributed by atoms with E-state index in [1.165, 1.54) is 58.5 Å². The molecule has 5 unspecified atom stereocenters. The fourth-order valence-electron chi connectivity index (χ4n) is 4.92. The SMILES string of the molecule is CC(CCC(C)N1CC2(CC2N)C1)N1CC2CNCC2C1. The van der Waals surface area contributed by atoms with E-state index < -0.39 is 0 Å². The van der Waals surface area contributed by atoms with Gasteiger partial charge in [-0.1, -0.05) is 0 Å². The highest BCUT2D eigenvalue weighted by molar-refractivity contribution is 5.15.